The Hall–Kier alpha value is -2.60. The van der Waals surface area contributed by atoms with E-state index in [2.05, 4.69) is 28.8 Å². The van der Waals surface area contributed by atoms with E-state index in [-0.39, 0.29) is 5.97 Å². The van der Waals surface area contributed by atoms with Crippen molar-refractivity contribution < 1.29 is 9.53 Å². The van der Waals surface area contributed by atoms with Crippen LogP contribution in [0.1, 0.15) is 98.3 Å². The van der Waals surface area contributed by atoms with E-state index in [1.54, 1.807) is 18.3 Å². The highest BCUT2D eigenvalue weighted by Gasteiger charge is 2.13. The van der Waals surface area contributed by atoms with Gasteiger partial charge in [-0.1, -0.05) is 65.2 Å². The van der Waals surface area contributed by atoms with Crippen LogP contribution >= 0.6 is 11.3 Å². The van der Waals surface area contributed by atoms with Crippen molar-refractivity contribution >= 4 is 17.3 Å². The van der Waals surface area contributed by atoms with Crippen LogP contribution in [0.5, 0.6) is 5.75 Å². The summed E-state index contributed by atoms with van der Waals surface area (Å²) < 4.78 is 5.49. The highest BCUT2D eigenvalue weighted by Crippen LogP contribution is 2.22. The van der Waals surface area contributed by atoms with Crippen molar-refractivity contribution in [2.45, 2.75) is 90.9 Å². The van der Waals surface area contributed by atoms with Gasteiger partial charge in [0.15, 0.2) is 5.82 Å². The predicted octanol–water partition coefficient (Wildman–Crippen LogP) is 7.85. The molecule has 3 aromatic rings. The number of ether oxygens (including phenoxy) is 1. The maximum absolute atomic E-state index is 12.3. The first-order valence-corrected chi connectivity index (χ1v) is 13.6. The van der Waals surface area contributed by atoms with E-state index in [1.165, 1.54) is 74.7 Å². The SMILES string of the molecule is CCCCCCCCCCCc1cnc(-c2ccc(OC(=O)c3cnc(CCC)s3)cc2)nc1. The van der Waals surface area contributed by atoms with Gasteiger partial charge in [0.1, 0.15) is 10.6 Å². The van der Waals surface area contributed by atoms with Crippen molar-refractivity contribution in [3.05, 3.63) is 58.3 Å². The second-order valence-electron chi connectivity index (χ2n) is 8.78. The van der Waals surface area contributed by atoms with E-state index >= 15 is 0 Å². The molecule has 0 aliphatic rings. The van der Waals surface area contributed by atoms with Gasteiger partial charge in [-0.25, -0.2) is 19.7 Å². The summed E-state index contributed by atoms with van der Waals surface area (Å²) in [5.74, 6) is 0.811. The predicted molar refractivity (Wildman–Crippen MR) is 139 cm³/mol. The van der Waals surface area contributed by atoms with Crippen LogP contribution in [0.2, 0.25) is 0 Å². The molecule has 34 heavy (non-hydrogen) atoms. The van der Waals surface area contributed by atoms with Gasteiger partial charge >= 0.3 is 5.97 Å². The van der Waals surface area contributed by atoms with Gasteiger partial charge in [-0.2, -0.15) is 0 Å². The molecule has 182 valence electrons. The van der Waals surface area contributed by atoms with Gasteiger partial charge in [-0.15, -0.1) is 11.3 Å². The number of benzene rings is 1. The van der Waals surface area contributed by atoms with E-state index < -0.39 is 0 Å². The summed E-state index contributed by atoms with van der Waals surface area (Å²) in [7, 11) is 0. The zero-order valence-corrected chi connectivity index (χ0v) is 21.4. The third kappa shape index (κ3) is 8.64. The lowest BCUT2D eigenvalue weighted by atomic mass is 10.1. The van der Waals surface area contributed by atoms with Crippen molar-refractivity contribution in [1.29, 1.82) is 0 Å². The number of unbranched alkanes of at least 4 members (excludes halogenated alkanes) is 8. The third-order valence-corrected chi connectivity index (χ3v) is 6.85. The first-order valence-electron chi connectivity index (χ1n) is 12.8. The Balaban J connectivity index is 1.40. The molecule has 0 saturated carbocycles. The second kappa shape index (κ2) is 14.6. The molecule has 0 aliphatic heterocycles. The van der Waals surface area contributed by atoms with Crippen molar-refractivity contribution in [2.24, 2.45) is 0 Å². The standard InChI is InChI=1S/C28H37N3O2S/c1-3-5-6-7-8-9-10-11-12-14-22-19-30-27(31-20-22)23-15-17-24(18-16-23)33-28(32)25-21-29-26(34-25)13-4-2/h15-21H,3-14H2,1-2H3. The van der Waals surface area contributed by atoms with Gasteiger partial charge in [0.05, 0.1) is 11.2 Å². The molecule has 2 heterocycles. The maximum Gasteiger partial charge on any atom is 0.355 e. The number of nitrogens with zero attached hydrogens (tertiary/aromatic N) is 3. The Bertz CT molecular complexity index is 984. The van der Waals surface area contributed by atoms with Gasteiger partial charge in [0.2, 0.25) is 0 Å². The lowest BCUT2D eigenvalue weighted by molar-refractivity contribution is 0.0739. The Kier molecular flexibility index (Phi) is 11.2. The quantitative estimate of drug-likeness (QED) is 0.126. The number of rotatable bonds is 15. The molecule has 0 bridgehead atoms. The van der Waals surface area contributed by atoms with Crippen molar-refractivity contribution in [3.8, 4) is 17.1 Å². The lowest BCUT2D eigenvalue weighted by Crippen LogP contribution is -2.06. The molecular formula is C28H37N3O2S. The Morgan fingerprint density at radius 1 is 0.765 bits per heavy atom. The highest BCUT2D eigenvalue weighted by molar-refractivity contribution is 7.13. The van der Waals surface area contributed by atoms with Gasteiger partial charge < -0.3 is 4.74 Å². The van der Waals surface area contributed by atoms with Crippen LogP contribution in [0.3, 0.4) is 0 Å². The molecule has 0 unspecified atom stereocenters. The Labute approximate surface area is 208 Å². The van der Waals surface area contributed by atoms with Crippen LogP contribution in [-0.2, 0) is 12.8 Å². The number of thiazole rings is 1. The molecule has 0 N–H and O–H groups in total. The Morgan fingerprint density at radius 3 is 2.06 bits per heavy atom. The largest absolute Gasteiger partial charge is 0.422 e. The zero-order chi connectivity index (χ0) is 24.0. The number of hydrogen-bond acceptors (Lipinski definition) is 6. The number of esters is 1. The summed E-state index contributed by atoms with van der Waals surface area (Å²) in [6.07, 6.45) is 20.4. The molecule has 3 rings (SSSR count). The molecule has 0 fully saturated rings. The van der Waals surface area contributed by atoms with Crippen molar-refractivity contribution in [1.82, 2.24) is 15.0 Å². The fraction of sp³-hybridized carbons (Fsp3) is 0.500. The molecule has 0 spiro atoms. The maximum atomic E-state index is 12.3. The van der Waals surface area contributed by atoms with Crippen LogP contribution in [-0.4, -0.2) is 20.9 Å². The van der Waals surface area contributed by atoms with Crippen LogP contribution in [0.15, 0.2) is 42.9 Å². The van der Waals surface area contributed by atoms with Crippen molar-refractivity contribution in [2.75, 3.05) is 0 Å². The minimum Gasteiger partial charge on any atom is -0.422 e. The smallest absolute Gasteiger partial charge is 0.355 e. The van der Waals surface area contributed by atoms with Crippen molar-refractivity contribution in [3.63, 3.8) is 0 Å². The Morgan fingerprint density at radius 2 is 1.41 bits per heavy atom. The summed E-state index contributed by atoms with van der Waals surface area (Å²) in [4.78, 5) is 26.2. The van der Waals surface area contributed by atoms with E-state index in [0.29, 0.717) is 16.5 Å². The molecule has 2 aromatic heterocycles. The zero-order valence-electron chi connectivity index (χ0n) is 20.6. The lowest BCUT2D eigenvalue weighted by Gasteiger charge is -2.05. The van der Waals surface area contributed by atoms with Gasteiger partial charge in [-0.05, 0) is 55.5 Å². The molecule has 0 amide bonds. The van der Waals surface area contributed by atoms with E-state index in [1.807, 2.05) is 24.5 Å². The van der Waals surface area contributed by atoms with E-state index in [4.69, 9.17) is 4.74 Å². The van der Waals surface area contributed by atoms with E-state index in [0.717, 1.165) is 29.8 Å². The van der Waals surface area contributed by atoms with Gasteiger partial charge in [0, 0.05) is 18.0 Å². The summed E-state index contributed by atoms with van der Waals surface area (Å²) in [6.45, 7) is 4.36. The highest BCUT2D eigenvalue weighted by atomic mass is 32.1. The molecule has 0 radical (unpaired) electrons. The molecule has 5 nitrogen and oxygen atoms in total. The average molecular weight is 480 g/mol. The fourth-order valence-corrected chi connectivity index (χ4v) is 4.73. The van der Waals surface area contributed by atoms with Crippen LogP contribution in [0.4, 0.5) is 0 Å². The topological polar surface area (TPSA) is 65.0 Å². The summed E-state index contributed by atoms with van der Waals surface area (Å²) in [5.41, 5.74) is 2.08. The number of hydrogen-bond donors (Lipinski definition) is 0. The number of carbonyl (C=O) groups excluding carboxylic acids is 1. The number of aryl methyl sites for hydroxylation is 2. The first kappa shape index (κ1) is 26.0. The number of carbonyl (C=O) groups is 1. The van der Waals surface area contributed by atoms with Crippen LogP contribution in [0, 0.1) is 0 Å². The van der Waals surface area contributed by atoms with Gasteiger partial charge in [-0.3, -0.25) is 0 Å². The first-order chi connectivity index (χ1) is 16.7. The monoisotopic (exact) mass is 479 g/mol. The molecule has 0 saturated heterocycles. The van der Waals surface area contributed by atoms with Crippen LogP contribution < -0.4 is 4.74 Å². The fourth-order valence-electron chi connectivity index (χ4n) is 3.84. The molecule has 0 aliphatic carbocycles. The summed E-state index contributed by atoms with van der Waals surface area (Å²) in [5, 5.41) is 0.961. The normalized spacial score (nSPS) is 11.0. The third-order valence-electron chi connectivity index (χ3n) is 5.82. The average Bonchev–Trinajstić information content (AvgIpc) is 3.33. The minimum absolute atomic E-state index is 0.371. The summed E-state index contributed by atoms with van der Waals surface area (Å²) >= 11 is 1.39. The molecule has 0 atom stereocenters. The van der Waals surface area contributed by atoms with E-state index in [9.17, 15) is 4.79 Å². The van der Waals surface area contributed by atoms with Crippen LogP contribution in [0.25, 0.3) is 11.4 Å². The van der Waals surface area contributed by atoms with Gasteiger partial charge in [0.25, 0.3) is 0 Å². The minimum atomic E-state index is -0.371. The summed E-state index contributed by atoms with van der Waals surface area (Å²) in [6, 6.07) is 7.32. The second-order valence-corrected chi connectivity index (χ2v) is 9.89. The molecule has 1 aromatic carbocycles. The molecule has 6 heteroatoms. The molecular weight excluding hydrogens is 442 g/mol. The number of aromatic nitrogens is 3.